The largest absolute Gasteiger partial charge is 0.337 e. The van der Waals surface area contributed by atoms with E-state index in [9.17, 15) is 9.59 Å². The standard InChI is InChI=1S/C16H17N3O2/c1-12-6-8-18(9-7-12)15(20)11-19-16(21)14-5-3-2-4-13(14)10-17-19/h2-6,10H,7-9,11H2,1H3. The van der Waals surface area contributed by atoms with Gasteiger partial charge in [-0.15, -0.1) is 0 Å². The summed E-state index contributed by atoms with van der Waals surface area (Å²) in [6.07, 6.45) is 4.58. The third-order valence-corrected chi connectivity index (χ3v) is 3.84. The van der Waals surface area contributed by atoms with Crippen molar-refractivity contribution < 1.29 is 4.79 Å². The SMILES string of the molecule is CC1=CCN(C(=O)Cn2ncc3ccccc3c2=O)CC1. The van der Waals surface area contributed by atoms with Crippen LogP contribution in [0.15, 0.2) is 46.9 Å². The van der Waals surface area contributed by atoms with Crippen LogP contribution in [0.3, 0.4) is 0 Å². The molecule has 108 valence electrons. The lowest BCUT2D eigenvalue weighted by atomic mass is 10.1. The highest BCUT2D eigenvalue weighted by atomic mass is 16.2. The summed E-state index contributed by atoms with van der Waals surface area (Å²) in [7, 11) is 0. The summed E-state index contributed by atoms with van der Waals surface area (Å²) in [5.74, 6) is -0.0661. The van der Waals surface area contributed by atoms with E-state index in [0.717, 1.165) is 11.8 Å². The smallest absolute Gasteiger partial charge is 0.275 e. The molecule has 0 N–H and O–H groups in total. The van der Waals surface area contributed by atoms with Crippen molar-refractivity contribution in [3.63, 3.8) is 0 Å². The van der Waals surface area contributed by atoms with Gasteiger partial charge in [-0.05, 0) is 19.4 Å². The van der Waals surface area contributed by atoms with Crippen LogP contribution >= 0.6 is 0 Å². The van der Waals surface area contributed by atoms with E-state index in [1.165, 1.54) is 10.3 Å². The van der Waals surface area contributed by atoms with Crippen LogP contribution in [0.4, 0.5) is 0 Å². The van der Waals surface area contributed by atoms with E-state index in [1.54, 1.807) is 17.2 Å². The van der Waals surface area contributed by atoms with Gasteiger partial charge in [-0.3, -0.25) is 9.59 Å². The molecule has 0 aliphatic carbocycles. The van der Waals surface area contributed by atoms with Gasteiger partial charge in [-0.25, -0.2) is 4.68 Å². The van der Waals surface area contributed by atoms with Gasteiger partial charge in [0.2, 0.25) is 5.91 Å². The second-order valence-corrected chi connectivity index (χ2v) is 5.33. The summed E-state index contributed by atoms with van der Waals surface area (Å²) in [6.45, 7) is 3.39. The number of carbonyl (C=O) groups is 1. The lowest BCUT2D eigenvalue weighted by Gasteiger charge is -2.25. The highest BCUT2D eigenvalue weighted by Crippen LogP contribution is 2.10. The normalized spacial score (nSPS) is 15.1. The summed E-state index contributed by atoms with van der Waals surface area (Å²) >= 11 is 0. The molecule has 3 rings (SSSR count). The molecule has 0 bridgehead atoms. The van der Waals surface area contributed by atoms with Crippen LogP contribution in [0.5, 0.6) is 0 Å². The number of hydrogen-bond acceptors (Lipinski definition) is 3. The first kappa shape index (κ1) is 13.5. The van der Waals surface area contributed by atoms with Gasteiger partial charge >= 0.3 is 0 Å². The maximum absolute atomic E-state index is 12.3. The van der Waals surface area contributed by atoms with Gasteiger partial charge in [0.05, 0.1) is 11.6 Å². The zero-order valence-electron chi connectivity index (χ0n) is 12.0. The maximum Gasteiger partial charge on any atom is 0.275 e. The number of benzene rings is 1. The molecule has 5 nitrogen and oxygen atoms in total. The van der Waals surface area contributed by atoms with Crippen LogP contribution < -0.4 is 5.56 Å². The number of carbonyl (C=O) groups excluding carboxylic acids is 1. The van der Waals surface area contributed by atoms with E-state index in [4.69, 9.17) is 0 Å². The van der Waals surface area contributed by atoms with Crippen molar-refractivity contribution in [3.05, 3.63) is 52.5 Å². The van der Waals surface area contributed by atoms with Crippen molar-refractivity contribution in [2.24, 2.45) is 0 Å². The Morgan fingerprint density at radius 3 is 2.90 bits per heavy atom. The fourth-order valence-electron chi connectivity index (χ4n) is 2.47. The fraction of sp³-hybridized carbons (Fsp3) is 0.312. The van der Waals surface area contributed by atoms with Crippen molar-refractivity contribution >= 4 is 16.7 Å². The topological polar surface area (TPSA) is 55.2 Å². The second-order valence-electron chi connectivity index (χ2n) is 5.33. The first-order valence-electron chi connectivity index (χ1n) is 7.03. The van der Waals surface area contributed by atoms with Crippen LogP contribution in [-0.4, -0.2) is 33.7 Å². The molecule has 1 aliphatic heterocycles. The maximum atomic E-state index is 12.3. The average Bonchev–Trinajstić information content (AvgIpc) is 2.51. The predicted molar refractivity (Wildman–Crippen MR) is 81.0 cm³/mol. The Bertz CT molecular complexity index is 776. The molecule has 1 aliphatic rings. The molecular formula is C16H17N3O2. The Labute approximate surface area is 122 Å². The van der Waals surface area contributed by atoms with E-state index in [2.05, 4.69) is 18.1 Å². The molecule has 0 atom stereocenters. The summed E-state index contributed by atoms with van der Waals surface area (Å²) in [5, 5.41) is 5.48. The Morgan fingerprint density at radius 1 is 1.33 bits per heavy atom. The minimum absolute atomic E-state index is 0.00342. The fourth-order valence-corrected chi connectivity index (χ4v) is 2.47. The van der Waals surface area contributed by atoms with E-state index in [0.29, 0.717) is 18.5 Å². The van der Waals surface area contributed by atoms with Crippen LogP contribution in [0, 0.1) is 0 Å². The van der Waals surface area contributed by atoms with Gasteiger partial charge in [0.25, 0.3) is 5.56 Å². The zero-order valence-corrected chi connectivity index (χ0v) is 12.0. The molecule has 0 fully saturated rings. The van der Waals surface area contributed by atoms with Gasteiger partial charge in [0.1, 0.15) is 6.54 Å². The third kappa shape index (κ3) is 2.72. The molecular weight excluding hydrogens is 266 g/mol. The molecule has 1 amide bonds. The number of hydrogen-bond donors (Lipinski definition) is 0. The molecule has 0 unspecified atom stereocenters. The second kappa shape index (κ2) is 5.52. The molecule has 1 aromatic heterocycles. The third-order valence-electron chi connectivity index (χ3n) is 3.84. The molecule has 1 aromatic carbocycles. The van der Waals surface area contributed by atoms with Crippen LogP contribution in [0.1, 0.15) is 13.3 Å². The van der Waals surface area contributed by atoms with Crippen molar-refractivity contribution in [1.82, 2.24) is 14.7 Å². The Kier molecular flexibility index (Phi) is 3.56. The van der Waals surface area contributed by atoms with Crippen LogP contribution in [0.25, 0.3) is 10.8 Å². The quantitative estimate of drug-likeness (QED) is 0.786. The summed E-state index contributed by atoms with van der Waals surface area (Å²) < 4.78 is 1.25. The molecule has 21 heavy (non-hydrogen) atoms. The minimum atomic E-state index is -0.217. The van der Waals surface area contributed by atoms with Gasteiger partial charge in [0.15, 0.2) is 0 Å². The lowest BCUT2D eigenvalue weighted by Crippen LogP contribution is -2.39. The van der Waals surface area contributed by atoms with Crippen LogP contribution in [-0.2, 0) is 11.3 Å². The summed E-state index contributed by atoms with van der Waals surface area (Å²) in [5.41, 5.74) is 1.09. The molecule has 0 spiro atoms. The summed E-state index contributed by atoms with van der Waals surface area (Å²) in [4.78, 5) is 26.3. The van der Waals surface area contributed by atoms with Crippen molar-refractivity contribution in [3.8, 4) is 0 Å². The number of rotatable bonds is 2. The predicted octanol–water partition coefficient (Wildman–Crippen LogP) is 1.58. The first-order valence-corrected chi connectivity index (χ1v) is 7.03. The highest BCUT2D eigenvalue weighted by molar-refractivity contribution is 5.81. The van der Waals surface area contributed by atoms with Crippen molar-refractivity contribution in [2.45, 2.75) is 19.9 Å². The number of aromatic nitrogens is 2. The lowest BCUT2D eigenvalue weighted by molar-refractivity contribution is -0.131. The average molecular weight is 283 g/mol. The Balaban J connectivity index is 1.83. The number of amides is 1. The minimum Gasteiger partial charge on any atom is -0.337 e. The van der Waals surface area contributed by atoms with Crippen molar-refractivity contribution in [1.29, 1.82) is 0 Å². The van der Waals surface area contributed by atoms with Gasteiger partial charge in [-0.1, -0.05) is 29.8 Å². The highest BCUT2D eigenvalue weighted by Gasteiger charge is 2.17. The van der Waals surface area contributed by atoms with E-state index in [-0.39, 0.29) is 18.0 Å². The van der Waals surface area contributed by atoms with E-state index < -0.39 is 0 Å². The van der Waals surface area contributed by atoms with Gasteiger partial charge in [0, 0.05) is 18.5 Å². The Morgan fingerprint density at radius 2 is 2.14 bits per heavy atom. The monoisotopic (exact) mass is 283 g/mol. The zero-order chi connectivity index (χ0) is 14.8. The van der Waals surface area contributed by atoms with Crippen molar-refractivity contribution in [2.75, 3.05) is 13.1 Å². The van der Waals surface area contributed by atoms with Gasteiger partial charge < -0.3 is 4.90 Å². The number of nitrogens with zero attached hydrogens (tertiary/aromatic N) is 3. The molecule has 5 heteroatoms. The van der Waals surface area contributed by atoms with Gasteiger partial charge in [-0.2, -0.15) is 5.10 Å². The first-order chi connectivity index (χ1) is 10.1. The molecule has 2 aromatic rings. The number of fused-ring (bicyclic) bond motifs is 1. The summed E-state index contributed by atoms with van der Waals surface area (Å²) in [6, 6.07) is 7.27. The Hall–Kier alpha value is -2.43. The molecule has 0 radical (unpaired) electrons. The van der Waals surface area contributed by atoms with E-state index >= 15 is 0 Å². The molecule has 0 saturated carbocycles. The van der Waals surface area contributed by atoms with Crippen LogP contribution in [0.2, 0.25) is 0 Å². The van der Waals surface area contributed by atoms with E-state index in [1.807, 2.05) is 18.2 Å². The molecule has 2 heterocycles. The molecule has 0 saturated heterocycles.